The van der Waals surface area contributed by atoms with Crippen molar-refractivity contribution in [3.05, 3.63) is 108 Å². The van der Waals surface area contributed by atoms with Crippen LogP contribution in [0.5, 0.6) is 11.5 Å². The van der Waals surface area contributed by atoms with E-state index >= 15 is 0 Å². The number of ketones is 2. The average molecular weight is 523 g/mol. The summed E-state index contributed by atoms with van der Waals surface area (Å²) >= 11 is 0. The second kappa shape index (κ2) is 14.1. The molecule has 200 valence electrons. The summed E-state index contributed by atoms with van der Waals surface area (Å²) in [6.07, 6.45) is 1.02. The molecule has 4 rings (SSSR count). The van der Waals surface area contributed by atoms with Gasteiger partial charge in [0.2, 0.25) is 0 Å². The van der Waals surface area contributed by atoms with E-state index in [-0.39, 0.29) is 11.6 Å². The topological polar surface area (TPSA) is 61.8 Å². The average Bonchev–Trinajstić information content (AvgIpc) is 3.00. The molecule has 4 aromatic carbocycles. The Kier molecular flexibility index (Phi) is 10.0. The molecule has 0 atom stereocenters. The van der Waals surface area contributed by atoms with Crippen LogP contribution >= 0.6 is 0 Å². The number of carbonyl (C=O) groups is 2. The van der Waals surface area contributed by atoms with Crippen molar-refractivity contribution in [1.82, 2.24) is 0 Å². The second-order valence-electron chi connectivity index (χ2n) is 9.07. The molecule has 0 bridgehead atoms. The van der Waals surface area contributed by atoms with Gasteiger partial charge < -0.3 is 14.2 Å². The zero-order chi connectivity index (χ0) is 27.5. The molecule has 0 N–H and O–H groups in total. The van der Waals surface area contributed by atoms with Crippen LogP contribution in [0.3, 0.4) is 0 Å². The van der Waals surface area contributed by atoms with E-state index in [1.165, 1.54) is 0 Å². The van der Waals surface area contributed by atoms with E-state index in [9.17, 15) is 9.59 Å². The molecule has 0 saturated heterocycles. The van der Waals surface area contributed by atoms with Gasteiger partial charge in [0.15, 0.2) is 11.6 Å². The maximum absolute atomic E-state index is 11.8. The molecule has 0 saturated carbocycles. The fraction of sp³-hybridized carbons (Fsp3) is 0.235. The Bertz CT molecular complexity index is 1230. The Morgan fingerprint density at radius 3 is 1.08 bits per heavy atom. The molecule has 0 fully saturated rings. The van der Waals surface area contributed by atoms with Gasteiger partial charge in [-0.05, 0) is 46.5 Å². The van der Waals surface area contributed by atoms with Crippen LogP contribution in [-0.4, -0.2) is 38.0 Å². The molecule has 0 unspecified atom stereocenters. The Labute approximate surface area is 230 Å². The Morgan fingerprint density at radius 2 is 0.769 bits per heavy atom. The van der Waals surface area contributed by atoms with Crippen LogP contribution in [0.1, 0.15) is 47.4 Å². The van der Waals surface area contributed by atoms with Crippen molar-refractivity contribution in [3.63, 3.8) is 0 Å². The maximum Gasteiger partial charge on any atom is 0.162 e. The van der Waals surface area contributed by atoms with Gasteiger partial charge in [0.25, 0.3) is 0 Å². The van der Waals surface area contributed by atoms with Crippen molar-refractivity contribution >= 4 is 11.6 Å². The minimum atomic E-state index is 0.151. The minimum absolute atomic E-state index is 0.151. The lowest BCUT2D eigenvalue weighted by atomic mass is 10.0. The van der Waals surface area contributed by atoms with Gasteiger partial charge in [-0.2, -0.15) is 0 Å². The van der Waals surface area contributed by atoms with Gasteiger partial charge in [-0.15, -0.1) is 0 Å². The third-order valence-electron chi connectivity index (χ3n) is 6.42. The van der Waals surface area contributed by atoms with Crippen molar-refractivity contribution < 1.29 is 23.8 Å². The predicted molar refractivity (Wildman–Crippen MR) is 155 cm³/mol. The zero-order valence-corrected chi connectivity index (χ0v) is 22.5. The molecule has 4 aromatic rings. The van der Waals surface area contributed by atoms with Crippen molar-refractivity contribution in [1.29, 1.82) is 0 Å². The van der Waals surface area contributed by atoms with Gasteiger partial charge in [-0.1, -0.05) is 86.6 Å². The smallest absolute Gasteiger partial charge is 0.162 e. The van der Waals surface area contributed by atoms with Gasteiger partial charge in [0.1, 0.15) is 24.7 Å². The Morgan fingerprint density at radius 1 is 0.462 bits per heavy atom. The van der Waals surface area contributed by atoms with Crippen molar-refractivity contribution in [2.24, 2.45) is 0 Å². The number of rotatable bonds is 14. The molecule has 0 amide bonds. The van der Waals surface area contributed by atoms with Crippen LogP contribution in [0.4, 0.5) is 0 Å². The summed E-state index contributed by atoms with van der Waals surface area (Å²) in [5.41, 5.74) is 5.75. The van der Waals surface area contributed by atoms with Gasteiger partial charge >= 0.3 is 0 Å². The van der Waals surface area contributed by atoms with Crippen LogP contribution in [0.15, 0.2) is 97.1 Å². The number of ether oxygens (including phenoxy) is 3. The number of hydrogen-bond donors (Lipinski definition) is 0. The Hall–Kier alpha value is -4.22. The molecule has 0 radical (unpaired) electrons. The summed E-state index contributed by atoms with van der Waals surface area (Å²) in [4.78, 5) is 23.6. The number of Topliss-reactive ketones (excluding diaryl/α,β-unsaturated/α-hetero) is 2. The molecule has 0 aliphatic heterocycles. The van der Waals surface area contributed by atoms with Crippen LogP contribution in [0, 0.1) is 0 Å². The predicted octanol–water partition coefficient (Wildman–Crippen LogP) is 7.68. The molecule has 0 heterocycles. The van der Waals surface area contributed by atoms with Crippen LogP contribution in [-0.2, 0) is 4.74 Å². The summed E-state index contributed by atoms with van der Waals surface area (Å²) in [5, 5.41) is 0. The summed E-state index contributed by atoms with van der Waals surface area (Å²) in [5.74, 6) is 1.86. The highest BCUT2D eigenvalue weighted by atomic mass is 16.5. The molecule has 0 aromatic heterocycles. The summed E-state index contributed by atoms with van der Waals surface area (Å²) in [7, 11) is 0. The summed E-state index contributed by atoms with van der Waals surface area (Å²) < 4.78 is 17.2. The molecular formula is C34H34O5. The maximum atomic E-state index is 11.8. The highest BCUT2D eigenvalue weighted by Crippen LogP contribution is 2.24. The first-order chi connectivity index (χ1) is 19.1. The zero-order valence-electron chi connectivity index (χ0n) is 22.5. The number of hydrogen-bond acceptors (Lipinski definition) is 5. The Balaban J connectivity index is 1.13. The first kappa shape index (κ1) is 27.8. The molecule has 0 aliphatic rings. The lowest BCUT2D eigenvalue weighted by molar-refractivity contribution is 0.0764. The van der Waals surface area contributed by atoms with E-state index in [2.05, 4.69) is 0 Å². The van der Waals surface area contributed by atoms with Gasteiger partial charge in [-0.25, -0.2) is 0 Å². The fourth-order valence-electron chi connectivity index (χ4n) is 4.13. The molecule has 0 aliphatic carbocycles. The second-order valence-corrected chi connectivity index (χ2v) is 9.07. The molecule has 0 spiro atoms. The van der Waals surface area contributed by atoms with Crippen LogP contribution < -0.4 is 9.47 Å². The molecular weight excluding hydrogens is 488 g/mol. The SMILES string of the molecule is CCC(=O)c1ccc(-c2ccc(OCCOCCOc3ccc(-c4ccc(C(=O)CC)cc4)cc3)cc2)cc1. The standard InChI is InChI=1S/C34H34O5/c1-3-33(35)29-9-5-25(6-10-29)27-13-17-31(18-14-27)38-23-21-37-22-24-39-32-19-15-28(16-20-32)26-7-11-30(12-8-26)34(36)4-2/h5-20H,3-4,21-24H2,1-2H3. The van der Waals surface area contributed by atoms with Crippen LogP contribution in [0.2, 0.25) is 0 Å². The van der Waals surface area contributed by atoms with Gasteiger partial charge in [-0.3, -0.25) is 9.59 Å². The third kappa shape index (κ3) is 7.88. The highest BCUT2D eigenvalue weighted by Gasteiger charge is 2.06. The van der Waals surface area contributed by atoms with Crippen molar-refractivity contribution in [3.8, 4) is 33.8 Å². The molecule has 5 heteroatoms. The van der Waals surface area contributed by atoms with Crippen molar-refractivity contribution in [2.45, 2.75) is 26.7 Å². The van der Waals surface area contributed by atoms with E-state index < -0.39 is 0 Å². The summed E-state index contributed by atoms with van der Waals surface area (Å²) in [6, 6.07) is 31.2. The first-order valence-electron chi connectivity index (χ1n) is 13.4. The van der Waals surface area contributed by atoms with E-state index in [1.54, 1.807) is 0 Å². The van der Waals surface area contributed by atoms with E-state index in [0.29, 0.717) is 39.3 Å². The monoisotopic (exact) mass is 522 g/mol. The first-order valence-corrected chi connectivity index (χ1v) is 13.4. The fourth-order valence-corrected chi connectivity index (χ4v) is 4.13. The van der Waals surface area contributed by atoms with Crippen molar-refractivity contribution in [2.75, 3.05) is 26.4 Å². The van der Waals surface area contributed by atoms with Crippen LogP contribution in [0.25, 0.3) is 22.3 Å². The van der Waals surface area contributed by atoms with Gasteiger partial charge in [0, 0.05) is 24.0 Å². The summed E-state index contributed by atoms with van der Waals surface area (Å²) in [6.45, 7) is 5.57. The van der Waals surface area contributed by atoms with E-state index in [4.69, 9.17) is 14.2 Å². The van der Waals surface area contributed by atoms with Gasteiger partial charge in [0.05, 0.1) is 13.2 Å². The minimum Gasteiger partial charge on any atom is -0.491 e. The lowest BCUT2D eigenvalue weighted by Gasteiger charge is -2.10. The molecule has 5 nitrogen and oxygen atoms in total. The number of carbonyl (C=O) groups excluding carboxylic acids is 2. The highest BCUT2D eigenvalue weighted by molar-refractivity contribution is 5.96. The largest absolute Gasteiger partial charge is 0.491 e. The lowest BCUT2D eigenvalue weighted by Crippen LogP contribution is -2.12. The third-order valence-corrected chi connectivity index (χ3v) is 6.42. The van der Waals surface area contributed by atoms with E-state index in [1.807, 2.05) is 111 Å². The number of benzene rings is 4. The normalized spacial score (nSPS) is 10.7. The molecule has 39 heavy (non-hydrogen) atoms. The quantitative estimate of drug-likeness (QED) is 0.126. The van der Waals surface area contributed by atoms with E-state index in [0.717, 1.165) is 44.9 Å².